The van der Waals surface area contributed by atoms with E-state index in [1.165, 1.54) is 0 Å². The molecule has 0 spiro atoms. The van der Waals surface area contributed by atoms with Gasteiger partial charge in [-0.3, -0.25) is 14.5 Å². The molecular weight excluding hydrogens is 316 g/mol. The van der Waals surface area contributed by atoms with E-state index in [0.717, 1.165) is 22.4 Å². The number of carbonyl (C=O) groups excluding carboxylic acids is 1. The molecule has 2 aromatic heterocycles. The minimum Gasteiger partial charge on any atom is -0.497 e. The number of ether oxygens (including phenoxy) is 1. The van der Waals surface area contributed by atoms with E-state index >= 15 is 0 Å². The van der Waals surface area contributed by atoms with Gasteiger partial charge in [-0.05, 0) is 23.8 Å². The Bertz CT molecular complexity index is 813. The van der Waals surface area contributed by atoms with Crippen LogP contribution in [0, 0.1) is 0 Å². The van der Waals surface area contributed by atoms with Gasteiger partial charge < -0.3 is 10.1 Å². The zero-order valence-corrected chi connectivity index (χ0v) is 14.1. The maximum absolute atomic E-state index is 12.0. The van der Waals surface area contributed by atoms with Gasteiger partial charge >= 0.3 is 0 Å². The molecule has 6 nitrogen and oxygen atoms in total. The molecule has 0 aliphatic carbocycles. The van der Waals surface area contributed by atoms with Gasteiger partial charge in [0.05, 0.1) is 26.3 Å². The van der Waals surface area contributed by atoms with Crippen LogP contribution in [0.25, 0.3) is 11.1 Å². The molecule has 0 saturated heterocycles. The summed E-state index contributed by atoms with van der Waals surface area (Å²) in [7, 11) is 1.62. The SMILES string of the molecule is COc1ccc(CC(=O)NCCn2cc(-c3cccnc3)cn2)cc1. The van der Waals surface area contributed by atoms with E-state index in [2.05, 4.69) is 15.4 Å². The Morgan fingerprint density at radius 1 is 1.16 bits per heavy atom. The van der Waals surface area contributed by atoms with Crippen LogP contribution in [-0.4, -0.2) is 34.3 Å². The van der Waals surface area contributed by atoms with E-state index in [1.807, 2.05) is 47.3 Å². The molecule has 1 aromatic carbocycles. The standard InChI is InChI=1S/C19H20N4O2/c1-25-18-6-4-15(5-7-18)11-19(24)21-9-10-23-14-17(13-22-23)16-3-2-8-20-12-16/h2-8,12-14H,9-11H2,1H3,(H,21,24). The largest absolute Gasteiger partial charge is 0.497 e. The topological polar surface area (TPSA) is 69.0 Å². The van der Waals surface area contributed by atoms with Crippen LogP contribution in [0.3, 0.4) is 0 Å². The molecule has 0 fully saturated rings. The predicted octanol–water partition coefficient (Wildman–Crippen LogP) is 2.31. The number of methoxy groups -OCH3 is 1. The fraction of sp³-hybridized carbons (Fsp3) is 0.211. The van der Waals surface area contributed by atoms with Gasteiger partial charge in [0.25, 0.3) is 0 Å². The third-order valence-electron chi connectivity index (χ3n) is 3.81. The zero-order valence-electron chi connectivity index (χ0n) is 14.1. The molecule has 2 heterocycles. The van der Waals surface area contributed by atoms with Crippen LogP contribution in [-0.2, 0) is 17.8 Å². The third-order valence-corrected chi connectivity index (χ3v) is 3.81. The van der Waals surface area contributed by atoms with Gasteiger partial charge in [0.2, 0.25) is 5.91 Å². The van der Waals surface area contributed by atoms with Gasteiger partial charge in [0.1, 0.15) is 5.75 Å². The van der Waals surface area contributed by atoms with Crippen molar-refractivity contribution >= 4 is 5.91 Å². The highest BCUT2D eigenvalue weighted by Crippen LogP contribution is 2.16. The number of nitrogens with one attached hydrogen (secondary N) is 1. The van der Waals surface area contributed by atoms with Crippen LogP contribution < -0.4 is 10.1 Å². The first-order valence-electron chi connectivity index (χ1n) is 8.07. The Balaban J connectivity index is 1.46. The lowest BCUT2D eigenvalue weighted by molar-refractivity contribution is -0.120. The highest BCUT2D eigenvalue weighted by molar-refractivity contribution is 5.78. The maximum atomic E-state index is 12.0. The summed E-state index contributed by atoms with van der Waals surface area (Å²) in [6, 6.07) is 11.4. The molecule has 25 heavy (non-hydrogen) atoms. The van der Waals surface area contributed by atoms with E-state index in [-0.39, 0.29) is 5.91 Å². The van der Waals surface area contributed by atoms with Gasteiger partial charge in [-0.2, -0.15) is 5.10 Å². The average molecular weight is 336 g/mol. The lowest BCUT2D eigenvalue weighted by atomic mass is 10.1. The molecule has 1 N–H and O–H groups in total. The summed E-state index contributed by atoms with van der Waals surface area (Å²) < 4.78 is 6.92. The summed E-state index contributed by atoms with van der Waals surface area (Å²) >= 11 is 0. The number of aromatic nitrogens is 3. The molecule has 128 valence electrons. The van der Waals surface area contributed by atoms with Crippen molar-refractivity contribution in [2.45, 2.75) is 13.0 Å². The van der Waals surface area contributed by atoms with E-state index in [4.69, 9.17) is 4.74 Å². The number of benzene rings is 1. The molecule has 0 bridgehead atoms. The minimum absolute atomic E-state index is 0.00944. The smallest absolute Gasteiger partial charge is 0.224 e. The fourth-order valence-corrected chi connectivity index (χ4v) is 2.47. The van der Waals surface area contributed by atoms with Crippen molar-refractivity contribution in [2.24, 2.45) is 0 Å². The van der Waals surface area contributed by atoms with Crippen LogP contribution in [0.1, 0.15) is 5.56 Å². The van der Waals surface area contributed by atoms with Crippen molar-refractivity contribution in [3.05, 3.63) is 66.7 Å². The number of pyridine rings is 1. The van der Waals surface area contributed by atoms with Gasteiger partial charge in [-0.1, -0.05) is 18.2 Å². The van der Waals surface area contributed by atoms with Crippen molar-refractivity contribution < 1.29 is 9.53 Å². The quantitative estimate of drug-likeness (QED) is 0.719. The van der Waals surface area contributed by atoms with Gasteiger partial charge in [0, 0.05) is 36.3 Å². The summed E-state index contributed by atoms with van der Waals surface area (Å²) in [5.41, 5.74) is 2.99. The Morgan fingerprint density at radius 2 is 2.00 bits per heavy atom. The second-order valence-electron chi connectivity index (χ2n) is 5.61. The van der Waals surface area contributed by atoms with E-state index in [1.54, 1.807) is 25.7 Å². The fourth-order valence-electron chi connectivity index (χ4n) is 2.47. The number of nitrogens with zero attached hydrogens (tertiary/aromatic N) is 3. The molecule has 1 amide bonds. The van der Waals surface area contributed by atoms with Crippen molar-refractivity contribution in [2.75, 3.05) is 13.7 Å². The minimum atomic E-state index is -0.00944. The first-order valence-corrected chi connectivity index (χ1v) is 8.07. The van der Waals surface area contributed by atoms with Gasteiger partial charge in [-0.15, -0.1) is 0 Å². The number of amides is 1. The highest BCUT2D eigenvalue weighted by Gasteiger charge is 2.05. The first-order chi connectivity index (χ1) is 12.2. The zero-order chi connectivity index (χ0) is 17.5. The molecular formula is C19H20N4O2. The molecule has 0 radical (unpaired) electrons. The molecule has 0 aliphatic rings. The lowest BCUT2D eigenvalue weighted by Gasteiger charge is -2.06. The van der Waals surface area contributed by atoms with Crippen molar-refractivity contribution in [3.63, 3.8) is 0 Å². The molecule has 0 saturated carbocycles. The Kier molecular flexibility index (Phi) is 5.41. The predicted molar refractivity (Wildman–Crippen MR) is 95.2 cm³/mol. The monoisotopic (exact) mass is 336 g/mol. The second-order valence-corrected chi connectivity index (χ2v) is 5.61. The summed E-state index contributed by atoms with van der Waals surface area (Å²) in [6.07, 6.45) is 7.65. The highest BCUT2D eigenvalue weighted by atomic mass is 16.5. The molecule has 3 aromatic rings. The molecule has 0 atom stereocenters. The van der Waals surface area contributed by atoms with E-state index in [9.17, 15) is 4.79 Å². The number of hydrogen-bond acceptors (Lipinski definition) is 4. The molecule has 3 rings (SSSR count). The normalized spacial score (nSPS) is 10.4. The molecule has 0 aliphatic heterocycles. The van der Waals surface area contributed by atoms with Crippen molar-refractivity contribution in [1.29, 1.82) is 0 Å². The summed E-state index contributed by atoms with van der Waals surface area (Å²) in [5.74, 6) is 0.775. The summed E-state index contributed by atoms with van der Waals surface area (Å²) in [5, 5.41) is 7.23. The maximum Gasteiger partial charge on any atom is 0.224 e. The van der Waals surface area contributed by atoms with Crippen molar-refractivity contribution in [3.8, 4) is 16.9 Å². The molecule has 6 heteroatoms. The summed E-state index contributed by atoms with van der Waals surface area (Å²) in [6.45, 7) is 1.15. The third kappa shape index (κ3) is 4.67. The number of hydrogen-bond donors (Lipinski definition) is 1. The first kappa shape index (κ1) is 16.7. The lowest BCUT2D eigenvalue weighted by Crippen LogP contribution is -2.28. The Hall–Kier alpha value is -3.15. The van der Waals surface area contributed by atoms with Crippen LogP contribution in [0.4, 0.5) is 0 Å². The van der Waals surface area contributed by atoms with Crippen molar-refractivity contribution in [1.82, 2.24) is 20.1 Å². The Morgan fingerprint density at radius 3 is 2.72 bits per heavy atom. The summed E-state index contributed by atoms with van der Waals surface area (Å²) in [4.78, 5) is 16.1. The van der Waals surface area contributed by atoms with E-state index < -0.39 is 0 Å². The van der Waals surface area contributed by atoms with Crippen LogP contribution in [0.5, 0.6) is 5.75 Å². The Labute approximate surface area is 146 Å². The van der Waals surface area contributed by atoms with E-state index in [0.29, 0.717) is 19.5 Å². The van der Waals surface area contributed by atoms with Crippen LogP contribution in [0.2, 0.25) is 0 Å². The average Bonchev–Trinajstić information content (AvgIpc) is 3.12. The van der Waals surface area contributed by atoms with Crippen LogP contribution in [0.15, 0.2) is 61.2 Å². The van der Waals surface area contributed by atoms with Crippen LogP contribution >= 0.6 is 0 Å². The van der Waals surface area contributed by atoms with Gasteiger partial charge in [0.15, 0.2) is 0 Å². The molecule has 0 unspecified atom stereocenters. The van der Waals surface area contributed by atoms with Gasteiger partial charge in [-0.25, -0.2) is 0 Å². The second kappa shape index (κ2) is 8.10. The number of rotatable bonds is 7. The number of carbonyl (C=O) groups is 1.